The van der Waals surface area contributed by atoms with E-state index in [0.29, 0.717) is 10.7 Å². The molecule has 136 valence electrons. The largest absolute Gasteiger partial charge is 0.320 e. The van der Waals surface area contributed by atoms with Gasteiger partial charge in [0.1, 0.15) is 11.4 Å². The minimum absolute atomic E-state index is 0.129. The van der Waals surface area contributed by atoms with Gasteiger partial charge in [0.25, 0.3) is 11.8 Å². The molecule has 0 unspecified atom stereocenters. The third-order valence-electron chi connectivity index (χ3n) is 4.06. The number of hydrogen-bond acceptors (Lipinski definition) is 3. The third kappa shape index (κ3) is 4.33. The average molecular weight is 380 g/mol. The summed E-state index contributed by atoms with van der Waals surface area (Å²) >= 11 is 6.06. The second-order valence-corrected chi connectivity index (χ2v) is 6.47. The second kappa shape index (κ2) is 8.01. The number of hydrogen-bond donors (Lipinski definition) is 2. The van der Waals surface area contributed by atoms with E-state index >= 15 is 0 Å². The predicted molar refractivity (Wildman–Crippen MR) is 108 cm³/mol. The van der Waals surface area contributed by atoms with Gasteiger partial charge >= 0.3 is 0 Å². The first kappa shape index (κ1) is 18.6. The van der Waals surface area contributed by atoms with Crippen LogP contribution in [0.5, 0.6) is 0 Å². The summed E-state index contributed by atoms with van der Waals surface area (Å²) in [5.41, 5.74) is 3.42. The van der Waals surface area contributed by atoms with Crippen molar-refractivity contribution in [3.05, 3.63) is 88.2 Å². The lowest BCUT2D eigenvalue weighted by Gasteiger charge is -2.11. The van der Waals surface area contributed by atoms with Gasteiger partial charge in [-0.3, -0.25) is 9.59 Å². The quantitative estimate of drug-likeness (QED) is 0.680. The number of carbonyl (C=O) groups is 2. The molecule has 0 fully saturated rings. The zero-order chi connectivity index (χ0) is 19.4. The molecule has 0 aliphatic carbocycles. The molecule has 0 aliphatic rings. The summed E-state index contributed by atoms with van der Waals surface area (Å²) in [6.07, 6.45) is 0. The Morgan fingerprint density at radius 1 is 0.778 bits per heavy atom. The normalized spacial score (nSPS) is 10.3. The van der Waals surface area contributed by atoms with Crippen LogP contribution >= 0.6 is 11.6 Å². The molecule has 0 saturated carbocycles. The Morgan fingerprint density at radius 2 is 1.33 bits per heavy atom. The lowest BCUT2D eigenvalue weighted by molar-refractivity contribution is 0.101. The summed E-state index contributed by atoms with van der Waals surface area (Å²) < 4.78 is 0. The van der Waals surface area contributed by atoms with Crippen molar-refractivity contribution >= 4 is 34.8 Å². The first-order chi connectivity index (χ1) is 13.0. The van der Waals surface area contributed by atoms with Gasteiger partial charge in [-0.1, -0.05) is 48.0 Å². The fourth-order valence-electron chi connectivity index (χ4n) is 2.63. The SMILES string of the molecule is Cc1cccc(C)c1NC(=O)c1cccc(C(=O)Nc2ccccc2Cl)n1. The number of pyridine rings is 1. The number of carbonyl (C=O) groups excluding carboxylic acids is 2. The number of aryl methyl sites for hydroxylation is 2. The lowest BCUT2D eigenvalue weighted by Crippen LogP contribution is -2.19. The number of nitrogens with zero attached hydrogens (tertiary/aromatic N) is 1. The average Bonchev–Trinajstić information content (AvgIpc) is 2.66. The zero-order valence-electron chi connectivity index (χ0n) is 14.9. The Bertz CT molecular complexity index is 998. The molecule has 0 bridgehead atoms. The third-order valence-corrected chi connectivity index (χ3v) is 4.39. The number of amides is 2. The summed E-state index contributed by atoms with van der Waals surface area (Å²) in [6.45, 7) is 3.84. The molecule has 27 heavy (non-hydrogen) atoms. The van der Waals surface area contributed by atoms with E-state index in [4.69, 9.17) is 11.6 Å². The number of para-hydroxylation sites is 2. The Labute approximate surface area is 162 Å². The van der Waals surface area contributed by atoms with Crippen LogP contribution in [0.25, 0.3) is 0 Å². The summed E-state index contributed by atoms with van der Waals surface area (Å²) in [5, 5.41) is 5.99. The van der Waals surface area contributed by atoms with Crippen molar-refractivity contribution in [2.24, 2.45) is 0 Å². The Hall–Kier alpha value is -3.18. The fraction of sp³-hybridized carbons (Fsp3) is 0.0952. The van der Waals surface area contributed by atoms with Gasteiger partial charge in [-0.25, -0.2) is 4.98 Å². The summed E-state index contributed by atoms with van der Waals surface area (Å²) in [5.74, 6) is -0.815. The van der Waals surface area contributed by atoms with Crippen molar-refractivity contribution in [1.82, 2.24) is 4.98 Å². The first-order valence-electron chi connectivity index (χ1n) is 8.36. The minimum atomic E-state index is -0.440. The monoisotopic (exact) mass is 379 g/mol. The molecule has 2 N–H and O–H groups in total. The van der Waals surface area contributed by atoms with E-state index in [2.05, 4.69) is 15.6 Å². The summed E-state index contributed by atoms with van der Waals surface area (Å²) in [7, 11) is 0. The molecule has 2 amide bonds. The van der Waals surface area contributed by atoms with Gasteiger partial charge < -0.3 is 10.6 Å². The van der Waals surface area contributed by atoms with E-state index in [-0.39, 0.29) is 17.3 Å². The van der Waals surface area contributed by atoms with Crippen LogP contribution < -0.4 is 10.6 Å². The van der Waals surface area contributed by atoms with Crippen molar-refractivity contribution in [2.45, 2.75) is 13.8 Å². The van der Waals surface area contributed by atoms with Gasteiger partial charge in [-0.05, 0) is 49.2 Å². The van der Waals surface area contributed by atoms with Gasteiger partial charge in [-0.2, -0.15) is 0 Å². The number of rotatable bonds is 4. The van der Waals surface area contributed by atoms with Crippen LogP contribution in [0.15, 0.2) is 60.7 Å². The number of nitrogens with one attached hydrogen (secondary N) is 2. The second-order valence-electron chi connectivity index (χ2n) is 6.06. The number of halogens is 1. The highest BCUT2D eigenvalue weighted by molar-refractivity contribution is 6.33. The van der Waals surface area contributed by atoms with Crippen molar-refractivity contribution in [3.63, 3.8) is 0 Å². The fourth-order valence-corrected chi connectivity index (χ4v) is 2.81. The minimum Gasteiger partial charge on any atom is -0.320 e. The lowest BCUT2D eigenvalue weighted by atomic mass is 10.1. The van der Waals surface area contributed by atoms with Gasteiger partial charge in [-0.15, -0.1) is 0 Å². The molecule has 3 aromatic rings. The maximum atomic E-state index is 12.6. The molecular formula is C21H18ClN3O2. The maximum absolute atomic E-state index is 12.6. The molecule has 1 heterocycles. The van der Waals surface area contributed by atoms with E-state index in [1.54, 1.807) is 42.5 Å². The van der Waals surface area contributed by atoms with E-state index in [1.165, 1.54) is 0 Å². The van der Waals surface area contributed by atoms with Crippen LogP contribution in [0.2, 0.25) is 5.02 Å². The van der Waals surface area contributed by atoms with Crippen molar-refractivity contribution < 1.29 is 9.59 Å². The molecule has 6 heteroatoms. The Balaban J connectivity index is 1.80. The highest BCUT2D eigenvalue weighted by Gasteiger charge is 2.15. The van der Waals surface area contributed by atoms with Crippen molar-refractivity contribution in [1.29, 1.82) is 0 Å². The Kier molecular flexibility index (Phi) is 5.52. The van der Waals surface area contributed by atoms with Crippen LogP contribution in [0.4, 0.5) is 11.4 Å². The number of anilines is 2. The maximum Gasteiger partial charge on any atom is 0.274 e. The van der Waals surface area contributed by atoms with E-state index in [0.717, 1.165) is 16.8 Å². The molecule has 0 atom stereocenters. The van der Waals surface area contributed by atoms with Gasteiger partial charge in [0.05, 0.1) is 10.7 Å². The standard InChI is InChI=1S/C21H18ClN3O2/c1-13-7-5-8-14(2)19(13)25-21(27)18-12-6-11-17(23-18)20(26)24-16-10-4-3-9-15(16)22/h3-12H,1-2H3,(H,24,26)(H,25,27). The van der Waals surface area contributed by atoms with E-state index < -0.39 is 5.91 Å². The molecule has 5 nitrogen and oxygen atoms in total. The van der Waals surface area contributed by atoms with Gasteiger partial charge in [0.15, 0.2) is 0 Å². The van der Waals surface area contributed by atoms with E-state index in [9.17, 15) is 9.59 Å². The van der Waals surface area contributed by atoms with E-state index in [1.807, 2.05) is 32.0 Å². The molecule has 0 radical (unpaired) electrons. The van der Waals surface area contributed by atoms with Crippen LogP contribution in [0.3, 0.4) is 0 Å². The smallest absolute Gasteiger partial charge is 0.274 e. The summed E-state index contributed by atoms with van der Waals surface area (Å²) in [4.78, 5) is 29.2. The molecular weight excluding hydrogens is 362 g/mol. The van der Waals surface area contributed by atoms with Crippen molar-refractivity contribution in [2.75, 3.05) is 10.6 Å². The topological polar surface area (TPSA) is 71.1 Å². The molecule has 1 aromatic heterocycles. The van der Waals surface area contributed by atoms with Crippen LogP contribution in [0, 0.1) is 13.8 Å². The molecule has 0 saturated heterocycles. The zero-order valence-corrected chi connectivity index (χ0v) is 15.7. The van der Waals surface area contributed by atoms with Crippen LogP contribution in [-0.4, -0.2) is 16.8 Å². The molecule has 0 spiro atoms. The highest BCUT2D eigenvalue weighted by atomic mass is 35.5. The summed E-state index contributed by atoms with van der Waals surface area (Å²) in [6, 6.07) is 17.4. The molecule has 3 rings (SSSR count). The Morgan fingerprint density at radius 3 is 1.96 bits per heavy atom. The van der Waals surface area contributed by atoms with Crippen molar-refractivity contribution in [3.8, 4) is 0 Å². The first-order valence-corrected chi connectivity index (χ1v) is 8.74. The van der Waals surface area contributed by atoms with Gasteiger partial charge in [0.2, 0.25) is 0 Å². The predicted octanol–water partition coefficient (Wildman–Crippen LogP) is 4.86. The number of aromatic nitrogens is 1. The van der Waals surface area contributed by atoms with Gasteiger partial charge in [0, 0.05) is 5.69 Å². The number of benzene rings is 2. The molecule has 0 aliphatic heterocycles. The van der Waals surface area contributed by atoms with Crippen LogP contribution in [-0.2, 0) is 0 Å². The van der Waals surface area contributed by atoms with Crippen LogP contribution in [0.1, 0.15) is 32.1 Å². The molecule has 2 aromatic carbocycles. The highest BCUT2D eigenvalue weighted by Crippen LogP contribution is 2.22.